The molecule has 0 N–H and O–H groups in total. The molecule has 0 unspecified atom stereocenters. The van der Waals surface area contributed by atoms with Gasteiger partial charge in [-0.25, -0.2) is 0 Å². The molecular weight excluding hydrogens is 175 g/mol. The number of fused-ring (bicyclic) bond motifs is 1. The van der Waals surface area contributed by atoms with Gasteiger partial charge in [0.25, 0.3) is 0 Å². The fourth-order valence-electron chi connectivity index (χ4n) is 1.87. The second-order valence-electron chi connectivity index (χ2n) is 3.63. The number of allylic oxidation sites excluding steroid dienone is 1. The first-order chi connectivity index (χ1) is 6.92. The van der Waals surface area contributed by atoms with Crippen molar-refractivity contribution in [3.63, 3.8) is 0 Å². The van der Waals surface area contributed by atoms with Gasteiger partial charge in [-0.15, -0.1) is 47.7 Å². The van der Waals surface area contributed by atoms with Crippen LogP contribution in [0.25, 0.3) is 10.8 Å². The average Bonchev–Trinajstić information content (AvgIpc) is 2.63. The summed E-state index contributed by atoms with van der Waals surface area (Å²) in [6.45, 7) is 3.74. The summed E-state index contributed by atoms with van der Waals surface area (Å²) in [6, 6.07) is 13.0. The van der Waals surface area contributed by atoms with Crippen LogP contribution >= 0.6 is 0 Å². The fourth-order valence-corrected chi connectivity index (χ4v) is 1.87. The third kappa shape index (κ3) is 2.81. The molecule has 0 saturated heterocycles. The summed E-state index contributed by atoms with van der Waals surface area (Å²) < 4.78 is 0. The van der Waals surface area contributed by atoms with Crippen molar-refractivity contribution in [2.45, 2.75) is 19.3 Å². The van der Waals surface area contributed by atoms with Gasteiger partial charge in [0.05, 0.1) is 0 Å². The summed E-state index contributed by atoms with van der Waals surface area (Å²) in [6.07, 6.45) is 5.47. The van der Waals surface area contributed by atoms with Gasteiger partial charge in [-0.2, -0.15) is 5.56 Å². The molecular formula is C14H15Li. The van der Waals surface area contributed by atoms with E-state index >= 15 is 0 Å². The van der Waals surface area contributed by atoms with Gasteiger partial charge in [-0.1, -0.05) is 25.0 Å². The Labute approximate surface area is 104 Å². The van der Waals surface area contributed by atoms with Gasteiger partial charge in [0, 0.05) is 0 Å². The van der Waals surface area contributed by atoms with Crippen LogP contribution in [0.2, 0.25) is 0 Å². The van der Waals surface area contributed by atoms with E-state index in [4.69, 9.17) is 0 Å². The zero-order valence-electron chi connectivity index (χ0n) is 9.37. The minimum atomic E-state index is 0. The van der Waals surface area contributed by atoms with E-state index < -0.39 is 0 Å². The molecule has 2 rings (SSSR count). The van der Waals surface area contributed by atoms with Crippen molar-refractivity contribution in [2.75, 3.05) is 0 Å². The maximum Gasteiger partial charge on any atom is 1.00 e. The van der Waals surface area contributed by atoms with Crippen LogP contribution in [0.1, 0.15) is 18.4 Å². The van der Waals surface area contributed by atoms with Crippen LogP contribution in [0.5, 0.6) is 0 Å². The molecule has 0 aliphatic heterocycles. The van der Waals surface area contributed by atoms with Crippen molar-refractivity contribution in [1.82, 2.24) is 0 Å². The van der Waals surface area contributed by atoms with E-state index in [1.165, 1.54) is 29.2 Å². The molecule has 2 aromatic carbocycles. The number of benzene rings is 1. The number of aryl methyl sites for hydroxylation is 1. The zero-order chi connectivity index (χ0) is 9.80. The fraction of sp³-hybridized carbons (Fsp3) is 0.214. The Morgan fingerprint density at radius 1 is 1.27 bits per heavy atom. The summed E-state index contributed by atoms with van der Waals surface area (Å²) in [4.78, 5) is 0. The Morgan fingerprint density at radius 3 is 2.87 bits per heavy atom. The Hall–Kier alpha value is -0.833. The zero-order valence-corrected chi connectivity index (χ0v) is 9.37. The molecule has 0 amide bonds. The minimum absolute atomic E-state index is 0. The Kier molecular flexibility index (Phi) is 4.82. The normalized spacial score (nSPS) is 9.87. The molecule has 0 spiro atoms. The van der Waals surface area contributed by atoms with Crippen molar-refractivity contribution >= 4 is 10.8 Å². The third-order valence-corrected chi connectivity index (χ3v) is 2.63. The SMILES string of the molecule is C=CCCCc1c[cH-]c2ccccc12.[Li+]. The maximum atomic E-state index is 3.74. The third-order valence-electron chi connectivity index (χ3n) is 2.63. The summed E-state index contributed by atoms with van der Waals surface area (Å²) in [5.74, 6) is 0. The molecule has 0 nitrogen and oxygen atoms in total. The van der Waals surface area contributed by atoms with Crippen LogP contribution in [-0.2, 0) is 6.42 Å². The number of hydrogen-bond acceptors (Lipinski definition) is 0. The van der Waals surface area contributed by atoms with Crippen LogP contribution in [-0.4, -0.2) is 0 Å². The second-order valence-corrected chi connectivity index (χ2v) is 3.63. The standard InChI is InChI=1S/C14H15.Li/c1-2-3-4-7-12-10-11-13-8-5-6-9-14(12)13;/h2,5-6,8-11H,1,3-4,7H2;/q-1;+1. The monoisotopic (exact) mass is 190 g/mol. The first kappa shape index (κ1) is 12.2. The van der Waals surface area contributed by atoms with Gasteiger partial charge in [-0.05, 0) is 6.42 Å². The van der Waals surface area contributed by atoms with E-state index in [2.05, 4.69) is 43.0 Å². The second kappa shape index (κ2) is 5.91. The molecule has 0 atom stereocenters. The van der Waals surface area contributed by atoms with Crippen molar-refractivity contribution in [3.8, 4) is 0 Å². The van der Waals surface area contributed by atoms with Gasteiger partial charge in [0.1, 0.15) is 0 Å². The molecule has 0 bridgehead atoms. The summed E-state index contributed by atoms with van der Waals surface area (Å²) in [5, 5.41) is 2.78. The quantitative estimate of drug-likeness (QED) is 0.293. The van der Waals surface area contributed by atoms with Gasteiger partial charge >= 0.3 is 18.9 Å². The van der Waals surface area contributed by atoms with E-state index in [1.807, 2.05) is 6.08 Å². The predicted molar refractivity (Wildman–Crippen MR) is 62.7 cm³/mol. The van der Waals surface area contributed by atoms with E-state index in [-0.39, 0.29) is 18.9 Å². The van der Waals surface area contributed by atoms with Crippen LogP contribution in [0.3, 0.4) is 0 Å². The van der Waals surface area contributed by atoms with Crippen molar-refractivity contribution < 1.29 is 18.9 Å². The summed E-state index contributed by atoms with van der Waals surface area (Å²) >= 11 is 0. The van der Waals surface area contributed by atoms with E-state index in [0.29, 0.717) is 0 Å². The van der Waals surface area contributed by atoms with Crippen molar-refractivity contribution in [1.29, 1.82) is 0 Å². The summed E-state index contributed by atoms with van der Waals surface area (Å²) in [7, 11) is 0. The van der Waals surface area contributed by atoms with Crippen molar-refractivity contribution in [3.05, 3.63) is 54.6 Å². The Balaban J connectivity index is 0.00000112. The number of rotatable bonds is 4. The first-order valence-electron chi connectivity index (χ1n) is 5.16. The van der Waals surface area contributed by atoms with Gasteiger partial charge in [-0.3, -0.25) is 0 Å². The van der Waals surface area contributed by atoms with E-state index in [1.54, 1.807) is 0 Å². The van der Waals surface area contributed by atoms with Gasteiger partial charge < -0.3 is 0 Å². The molecule has 15 heavy (non-hydrogen) atoms. The van der Waals surface area contributed by atoms with Gasteiger partial charge in [0.15, 0.2) is 0 Å². The molecule has 0 aromatic heterocycles. The Morgan fingerprint density at radius 2 is 2.07 bits per heavy atom. The predicted octanol–water partition coefficient (Wildman–Crippen LogP) is 1.07. The van der Waals surface area contributed by atoms with Crippen LogP contribution in [0, 0.1) is 0 Å². The molecule has 0 radical (unpaired) electrons. The first-order valence-corrected chi connectivity index (χ1v) is 5.16. The minimum Gasteiger partial charge on any atom is -0.153 e. The molecule has 0 fully saturated rings. The van der Waals surface area contributed by atoms with Gasteiger partial charge in [0.2, 0.25) is 0 Å². The molecule has 0 heterocycles. The van der Waals surface area contributed by atoms with Crippen molar-refractivity contribution in [2.24, 2.45) is 0 Å². The van der Waals surface area contributed by atoms with Crippen LogP contribution < -0.4 is 18.9 Å². The molecule has 0 aliphatic carbocycles. The number of unbranched alkanes of at least 4 members (excludes halogenated alkanes) is 1. The number of hydrogen-bond donors (Lipinski definition) is 0. The van der Waals surface area contributed by atoms with Crippen LogP contribution in [0.15, 0.2) is 49.1 Å². The molecule has 72 valence electrons. The smallest absolute Gasteiger partial charge is 0.153 e. The molecule has 0 aliphatic rings. The molecule has 2 aromatic rings. The largest absolute Gasteiger partial charge is 1.00 e. The van der Waals surface area contributed by atoms with Crippen LogP contribution in [0.4, 0.5) is 0 Å². The summed E-state index contributed by atoms with van der Waals surface area (Å²) in [5.41, 5.74) is 1.47. The molecule has 0 saturated carbocycles. The van der Waals surface area contributed by atoms with E-state index in [9.17, 15) is 0 Å². The average molecular weight is 190 g/mol. The van der Waals surface area contributed by atoms with E-state index in [0.717, 1.165) is 6.42 Å². The molecule has 1 heteroatoms. The maximum absolute atomic E-state index is 3.74. The topological polar surface area (TPSA) is 0 Å². The Bertz CT molecular complexity index is 426.